The Labute approximate surface area is 89.7 Å². The summed E-state index contributed by atoms with van der Waals surface area (Å²) in [5.74, 6) is 5.47. The molecule has 1 rings (SSSR count). The highest BCUT2D eigenvalue weighted by Gasteiger charge is 2.09. The normalized spacial score (nSPS) is 12.5. The summed E-state index contributed by atoms with van der Waals surface area (Å²) in [6.45, 7) is 5.84. The fourth-order valence-corrected chi connectivity index (χ4v) is 1.54. The molecule has 0 fully saturated rings. The Bertz CT molecular complexity index is 323. The molecule has 1 unspecified atom stereocenters. The van der Waals surface area contributed by atoms with Crippen molar-refractivity contribution < 1.29 is 0 Å². The lowest BCUT2D eigenvalue weighted by atomic mass is 10.0. The van der Waals surface area contributed by atoms with Crippen LogP contribution in [-0.4, -0.2) is 0 Å². The molecule has 0 radical (unpaired) electrons. The van der Waals surface area contributed by atoms with Gasteiger partial charge in [-0.3, -0.25) is 11.3 Å². The Balaban J connectivity index is 2.83. The quantitative estimate of drug-likeness (QED) is 0.456. The van der Waals surface area contributed by atoms with Gasteiger partial charge in [-0.2, -0.15) is 0 Å². The van der Waals surface area contributed by atoms with Gasteiger partial charge in [0.15, 0.2) is 0 Å². The molecule has 1 aromatic rings. The van der Waals surface area contributed by atoms with Crippen LogP contribution < -0.4 is 11.3 Å². The maximum atomic E-state index is 5.89. The second kappa shape index (κ2) is 5.15. The predicted molar refractivity (Wildman–Crippen MR) is 60.9 cm³/mol. The summed E-state index contributed by atoms with van der Waals surface area (Å²) in [6, 6.07) is 7.76. The summed E-state index contributed by atoms with van der Waals surface area (Å²) >= 11 is 5.89. The summed E-state index contributed by atoms with van der Waals surface area (Å²) in [4.78, 5) is 0. The van der Waals surface area contributed by atoms with Crippen molar-refractivity contribution in [3.8, 4) is 0 Å². The van der Waals surface area contributed by atoms with Gasteiger partial charge in [0.25, 0.3) is 0 Å². The third kappa shape index (κ3) is 3.14. The molecule has 0 aliphatic carbocycles. The predicted octanol–water partition coefficient (Wildman–Crippen LogP) is 2.81. The molecule has 0 heterocycles. The first-order chi connectivity index (χ1) is 6.63. The standard InChI is InChI=1S/C11H15ClN2/c1-8(2)6-11(14-13)9-4-3-5-10(12)7-9/h3-5,7,11,14H,1,6,13H2,2H3. The van der Waals surface area contributed by atoms with Crippen molar-refractivity contribution in [1.82, 2.24) is 5.43 Å². The van der Waals surface area contributed by atoms with Gasteiger partial charge in [0.1, 0.15) is 0 Å². The molecule has 3 heteroatoms. The average Bonchev–Trinajstić information content (AvgIpc) is 2.14. The third-order valence-electron chi connectivity index (χ3n) is 2.00. The number of benzene rings is 1. The molecule has 0 saturated carbocycles. The number of hydrogen-bond donors (Lipinski definition) is 2. The summed E-state index contributed by atoms with van der Waals surface area (Å²) in [6.07, 6.45) is 0.816. The van der Waals surface area contributed by atoms with E-state index in [-0.39, 0.29) is 6.04 Å². The van der Waals surface area contributed by atoms with Crippen LogP contribution in [0.2, 0.25) is 5.02 Å². The van der Waals surface area contributed by atoms with Crippen LogP contribution in [0, 0.1) is 0 Å². The molecule has 0 aliphatic rings. The highest BCUT2D eigenvalue weighted by Crippen LogP contribution is 2.22. The van der Waals surface area contributed by atoms with E-state index in [0.717, 1.165) is 22.6 Å². The van der Waals surface area contributed by atoms with E-state index in [4.69, 9.17) is 17.4 Å². The summed E-state index contributed by atoms with van der Waals surface area (Å²) < 4.78 is 0. The zero-order valence-electron chi connectivity index (χ0n) is 8.26. The second-order valence-corrected chi connectivity index (χ2v) is 3.87. The molecule has 1 atom stereocenters. The Morgan fingerprint density at radius 1 is 1.64 bits per heavy atom. The van der Waals surface area contributed by atoms with Crippen molar-refractivity contribution in [2.75, 3.05) is 0 Å². The summed E-state index contributed by atoms with van der Waals surface area (Å²) in [5, 5.41) is 0.726. The molecular weight excluding hydrogens is 196 g/mol. The van der Waals surface area contributed by atoms with Crippen molar-refractivity contribution in [3.05, 3.63) is 47.0 Å². The first-order valence-corrected chi connectivity index (χ1v) is 4.87. The highest BCUT2D eigenvalue weighted by molar-refractivity contribution is 6.30. The zero-order valence-corrected chi connectivity index (χ0v) is 9.01. The van der Waals surface area contributed by atoms with Crippen LogP contribution in [0.4, 0.5) is 0 Å². The number of rotatable bonds is 4. The number of halogens is 1. The van der Waals surface area contributed by atoms with E-state index >= 15 is 0 Å². The number of hydrogen-bond acceptors (Lipinski definition) is 2. The minimum atomic E-state index is 0.0891. The minimum absolute atomic E-state index is 0.0891. The van der Waals surface area contributed by atoms with Crippen LogP contribution in [0.25, 0.3) is 0 Å². The number of hydrazine groups is 1. The number of nitrogens with two attached hydrogens (primary N) is 1. The molecule has 3 N–H and O–H groups in total. The fraction of sp³-hybridized carbons (Fsp3) is 0.273. The zero-order chi connectivity index (χ0) is 10.6. The molecule has 0 amide bonds. The van der Waals surface area contributed by atoms with Gasteiger partial charge in [0, 0.05) is 11.1 Å². The molecule has 0 spiro atoms. The maximum Gasteiger partial charge on any atom is 0.0497 e. The lowest BCUT2D eigenvalue weighted by Gasteiger charge is -2.16. The molecule has 1 aromatic carbocycles. The lowest BCUT2D eigenvalue weighted by molar-refractivity contribution is 0.550. The van der Waals surface area contributed by atoms with E-state index in [1.54, 1.807) is 0 Å². The maximum absolute atomic E-state index is 5.89. The van der Waals surface area contributed by atoms with Crippen LogP contribution in [-0.2, 0) is 0 Å². The van der Waals surface area contributed by atoms with E-state index in [1.807, 2.05) is 31.2 Å². The van der Waals surface area contributed by atoms with Crippen LogP contribution in [0.5, 0.6) is 0 Å². The van der Waals surface area contributed by atoms with E-state index in [2.05, 4.69) is 12.0 Å². The largest absolute Gasteiger partial charge is 0.271 e. The monoisotopic (exact) mass is 210 g/mol. The first kappa shape index (κ1) is 11.2. The minimum Gasteiger partial charge on any atom is -0.271 e. The molecular formula is C11H15ClN2. The molecule has 0 aliphatic heterocycles. The van der Waals surface area contributed by atoms with Crippen molar-refractivity contribution >= 4 is 11.6 Å². The van der Waals surface area contributed by atoms with Crippen LogP contribution in [0.1, 0.15) is 24.9 Å². The molecule has 76 valence electrons. The van der Waals surface area contributed by atoms with Gasteiger partial charge < -0.3 is 0 Å². The fourth-order valence-electron chi connectivity index (χ4n) is 1.34. The molecule has 0 bridgehead atoms. The summed E-state index contributed by atoms with van der Waals surface area (Å²) in [5.41, 5.74) is 4.93. The van der Waals surface area contributed by atoms with Crippen molar-refractivity contribution in [2.24, 2.45) is 5.84 Å². The summed E-state index contributed by atoms with van der Waals surface area (Å²) in [7, 11) is 0. The molecule has 14 heavy (non-hydrogen) atoms. The smallest absolute Gasteiger partial charge is 0.0497 e. The Kier molecular flexibility index (Phi) is 4.14. The van der Waals surface area contributed by atoms with Crippen LogP contribution >= 0.6 is 11.6 Å². The van der Waals surface area contributed by atoms with E-state index < -0.39 is 0 Å². The topological polar surface area (TPSA) is 38.0 Å². The second-order valence-electron chi connectivity index (χ2n) is 3.44. The van der Waals surface area contributed by atoms with Crippen molar-refractivity contribution in [1.29, 1.82) is 0 Å². The van der Waals surface area contributed by atoms with Gasteiger partial charge in [0.05, 0.1) is 0 Å². The Morgan fingerprint density at radius 3 is 2.86 bits per heavy atom. The van der Waals surface area contributed by atoms with E-state index in [1.165, 1.54) is 0 Å². The number of nitrogens with one attached hydrogen (secondary N) is 1. The van der Waals surface area contributed by atoms with Crippen molar-refractivity contribution in [2.45, 2.75) is 19.4 Å². The van der Waals surface area contributed by atoms with Gasteiger partial charge in [-0.15, -0.1) is 6.58 Å². The van der Waals surface area contributed by atoms with Crippen molar-refractivity contribution in [3.63, 3.8) is 0 Å². The van der Waals surface area contributed by atoms with Gasteiger partial charge in [-0.1, -0.05) is 29.3 Å². The SMILES string of the molecule is C=C(C)CC(NN)c1cccc(Cl)c1. The Hall–Kier alpha value is -0.830. The van der Waals surface area contributed by atoms with Crippen LogP contribution in [0.3, 0.4) is 0 Å². The van der Waals surface area contributed by atoms with Gasteiger partial charge in [0.2, 0.25) is 0 Å². The Morgan fingerprint density at radius 2 is 2.36 bits per heavy atom. The van der Waals surface area contributed by atoms with Crippen LogP contribution in [0.15, 0.2) is 36.4 Å². The highest BCUT2D eigenvalue weighted by atomic mass is 35.5. The van der Waals surface area contributed by atoms with Gasteiger partial charge in [-0.25, -0.2) is 0 Å². The molecule has 0 saturated heterocycles. The molecule has 2 nitrogen and oxygen atoms in total. The van der Waals surface area contributed by atoms with E-state index in [9.17, 15) is 0 Å². The van der Waals surface area contributed by atoms with E-state index in [0.29, 0.717) is 0 Å². The van der Waals surface area contributed by atoms with Gasteiger partial charge in [-0.05, 0) is 31.0 Å². The average molecular weight is 211 g/mol. The third-order valence-corrected chi connectivity index (χ3v) is 2.24. The lowest BCUT2D eigenvalue weighted by Crippen LogP contribution is -2.28. The molecule has 0 aromatic heterocycles. The van der Waals surface area contributed by atoms with Gasteiger partial charge >= 0.3 is 0 Å². The first-order valence-electron chi connectivity index (χ1n) is 4.49.